The molecular formula is C25H29ClN2O5S. The number of rotatable bonds is 7. The third-order valence-corrected chi connectivity index (χ3v) is 8.85. The van der Waals surface area contributed by atoms with Gasteiger partial charge in [0.25, 0.3) is 5.91 Å². The summed E-state index contributed by atoms with van der Waals surface area (Å²) in [5.41, 5.74) is 2.10. The van der Waals surface area contributed by atoms with E-state index in [1.54, 1.807) is 0 Å². The van der Waals surface area contributed by atoms with Gasteiger partial charge in [-0.3, -0.25) is 4.79 Å². The molecule has 182 valence electrons. The Morgan fingerprint density at radius 1 is 1.06 bits per heavy atom. The van der Waals surface area contributed by atoms with Crippen LogP contribution in [0.5, 0.6) is 0 Å². The minimum Gasteiger partial charge on any atom is -0.452 e. The van der Waals surface area contributed by atoms with E-state index in [0.29, 0.717) is 25.4 Å². The minimum absolute atomic E-state index is 0.0282. The Labute approximate surface area is 205 Å². The smallest absolute Gasteiger partial charge is 0.338 e. The summed E-state index contributed by atoms with van der Waals surface area (Å²) >= 11 is 6.23. The summed E-state index contributed by atoms with van der Waals surface area (Å²) in [5.74, 6) is -0.670. The molecule has 0 aromatic heterocycles. The molecule has 0 saturated heterocycles. The summed E-state index contributed by atoms with van der Waals surface area (Å²) < 4.78 is 33.1. The van der Waals surface area contributed by atoms with Crippen LogP contribution in [0.3, 0.4) is 0 Å². The van der Waals surface area contributed by atoms with Gasteiger partial charge in [0, 0.05) is 19.6 Å². The third kappa shape index (κ3) is 5.79. The maximum atomic E-state index is 13.3. The summed E-state index contributed by atoms with van der Waals surface area (Å²) in [6.07, 6.45) is 6.41. The second-order valence-electron chi connectivity index (χ2n) is 8.89. The molecule has 34 heavy (non-hydrogen) atoms. The van der Waals surface area contributed by atoms with Gasteiger partial charge < -0.3 is 10.1 Å². The highest BCUT2D eigenvalue weighted by Crippen LogP contribution is 2.30. The van der Waals surface area contributed by atoms with Crippen molar-refractivity contribution >= 4 is 33.5 Å². The first kappa shape index (κ1) is 24.7. The van der Waals surface area contributed by atoms with E-state index in [2.05, 4.69) is 5.32 Å². The molecule has 0 atom stereocenters. The molecule has 1 saturated carbocycles. The molecule has 2 aromatic carbocycles. The summed E-state index contributed by atoms with van der Waals surface area (Å²) in [6, 6.07) is 11.7. The molecule has 9 heteroatoms. The number of hydrogen-bond donors (Lipinski definition) is 1. The zero-order valence-corrected chi connectivity index (χ0v) is 20.5. The van der Waals surface area contributed by atoms with Gasteiger partial charge in [0.2, 0.25) is 10.0 Å². The maximum absolute atomic E-state index is 13.3. The zero-order valence-electron chi connectivity index (χ0n) is 19.0. The number of sulfonamides is 1. The van der Waals surface area contributed by atoms with Crippen molar-refractivity contribution in [1.29, 1.82) is 0 Å². The van der Waals surface area contributed by atoms with Gasteiger partial charge >= 0.3 is 5.97 Å². The van der Waals surface area contributed by atoms with E-state index in [0.717, 1.165) is 24.0 Å². The lowest BCUT2D eigenvalue weighted by molar-refractivity contribution is -0.124. The van der Waals surface area contributed by atoms with Gasteiger partial charge in [-0.25, -0.2) is 13.2 Å². The Morgan fingerprint density at radius 2 is 1.79 bits per heavy atom. The number of carbonyl (C=O) groups excluding carboxylic acids is 2. The van der Waals surface area contributed by atoms with Crippen molar-refractivity contribution in [2.75, 3.05) is 19.7 Å². The van der Waals surface area contributed by atoms with E-state index in [4.69, 9.17) is 16.3 Å². The lowest BCUT2D eigenvalue weighted by Crippen LogP contribution is -2.36. The number of ether oxygens (including phenoxy) is 1. The van der Waals surface area contributed by atoms with Crippen LogP contribution in [0.15, 0.2) is 47.4 Å². The number of nitrogens with one attached hydrogen (secondary N) is 1. The van der Waals surface area contributed by atoms with Crippen molar-refractivity contribution in [3.8, 4) is 0 Å². The number of hydrogen-bond acceptors (Lipinski definition) is 5. The first-order valence-electron chi connectivity index (χ1n) is 11.6. The van der Waals surface area contributed by atoms with Crippen molar-refractivity contribution in [2.45, 2.75) is 50.0 Å². The lowest BCUT2D eigenvalue weighted by Gasteiger charge is -2.28. The van der Waals surface area contributed by atoms with Crippen LogP contribution in [-0.2, 0) is 32.5 Å². The molecule has 4 rings (SSSR count). The predicted molar refractivity (Wildman–Crippen MR) is 129 cm³/mol. The molecule has 1 aliphatic carbocycles. The van der Waals surface area contributed by atoms with Crippen LogP contribution in [0.1, 0.15) is 53.6 Å². The molecule has 1 amide bonds. The van der Waals surface area contributed by atoms with Crippen molar-refractivity contribution in [2.24, 2.45) is 5.92 Å². The molecule has 2 aliphatic rings. The number of amides is 1. The SMILES string of the molecule is O=C(COC(=O)c1ccc(Cl)c(S(=O)(=O)N2CCc3ccccc3C2)c1)NCC1CCCCC1. The summed E-state index contributed by atoms with van der Waals surface area (Å²) in [7, 11) is -3.93. The Morgan fingerprint density at radius 3 is 2.56 bits per heavy atom. The first-order chi connectivity index (χ1) is 16.3. The maximum Gasteiger partial charge on any atom is 0.338 e. The number of esters is 1. The monoisotopic (exact) mass is 504 g/mol. The number of fused-ring (bicyclic) bond motifs is 1. The fourth-order valence-corrected chi connectivity index (χ4v) is 6.48. The van der Waals surface area contributed by atoms with E-state index in [-0.39, 0.29) is 27.9 Å². The molecule has 1 N–H and O–H groups in total. The second-order valence-corrected chi connectivity index (χ2v) is 11.2. The van der Waals surface area contributed by atoms with Crippen LogP contribution in [0.25, 0.3) is 0 Å². The van der Waals surface area contributed by atoms with E-state index in [1.807, 2.05) is 24.3 Å². The van der Waals surface area contributed by atoms with Gasteiger partial charge in [0.1, 0.15) is 4.90 Å². The largest absolute Gasteiger partial charge is 0.452 e. The van der Waals surface area contributed by atoms with Crippen LogP contribution < -0.4 is 5.32 Å². The van der Waals surface area contributed by atoms with E-state index in [9.17, 15) is 18.0 Å². The summed E-state index contributed by atoms with van der Waals surface area (Å²) in [5, 5.41) is 2.84. The minimum atomic E-state index is -3.93. The topological polar surface area (TPSA) is 92.8 Å². The molecule has 0 bridgehead atoms. The van der Waals surface area contributed by atoms with Crippen LogP contribution in [0.4, 0.5) is 0 Å². The van der Waals surface area contributed by atoms with Crippen LogP contribution >= 0.6 is 11.6 Å². The van der Waals surface area contributed by atoms with Gasteiger partial charge in [-0.2, -0.15) is 4.31 Å². The van der Waals surface area contributed by atoms with Gasteiger partial charge in [0.15, 0.2) is 6.61 Å². The quantitative estimate of drug-likeness (QED) is 0.576. The summed E-state index contributed by atoms with van der Waals surface area (Å²) in [6.45, 7) is 0.730. The van der Waals surface area contributed by atoms with E-state index < -0.39 is 22.6 Å². The number of benzene rings is 2. The molecule has 7 nitrogen and oxygen atoms in total. The predicted octanol–water partition coefficient (Wildman–Crippen LogP) is 3.94. The zero-order chi connectivity index (χ0) is 24.1. The van der Waals surface area contributed by atoms with Gasteiger partial charge in [-0.05, 0) is 54.5 Å². The highest BCUT2D eigenvalue weighted by molar-refractivity contribution is 7.89. The van der Waals surface area contributed by atoms with Crippen molar-refractivity contribution < 1.29 is 22.7 Å². The standard InChI is InChI=1S/C25H29ClN2O5S/c26-22-11-10-20(25(30)33-17-24(29)27-15-18-6-2-1-3-7-18)14-23(22)34(31,32)28-13-12-19-8-4-5-9-21(19)16-28/h4-5,8-11,14,18H,1-3,6-7,12-13,15-17H2,(H,27,29). The van der Waals surface area contributed by atoms with Crippen LogP contribution in [0, 0.1) is 5.92 Å². The third-order valence-electron chi connectivity index (χ3n) is 6.53. The first-order valence-corrected chi connectivity index (χ1v) is 13.5. The van der Waals surface area contributed by atoms with E-state index >= 15 is 0 Å². The second kappa shape index (κ2) is 10.9. The molecule has 0 spiro atoms. The average Bonchev–Trinajstić information content (AvgIpc) is 2.86. The number of halogens is 1. The Kier molecular flexibility index (Phi) is 7.91. The molecule has 2 aromatic rings. The van der Waals surface area contributed by atoms with Crippen molar-refractivity contribution in [3.63, 3.8) is 0 Å². The van der Waals surface area contributed by atoms with Gasteiger partial charge in [-0.15, -0.1) is 0 Å². The highest BCUT2D eigenvalue weighted by atomic mass is 35.5. The van der Waals surface area contributed by atoms with Crippen molar-refractivity contribution in [3.05, 3.63) is 64.2 Å². The fraction of sp³-hybridized carbons (Fsp3) is 0.440. The Hall–Kier alpha value is -2.42. The molecule has 0 radical (unpaired) electrons. The average molecular weight is 505 g/mol. The van der Waals surface area contributed by atoms with Crippen LogP contribution in [0.2, 0.25) is 5.02 Å². The van der Waals surface area contributed by atoms with Crippen molar-refractivity contribution in [1.82, 2.24) is 9.62 Å². The van der Waals surface area contributed by atoms with Gasteiger partial charge in [-0.1, -0.05) is 55.1 Å². The fourth-order valence-electron chi connectivity index (χ4n) is 4.56. The number of nitrogens with zero attached hydrogens (tertiary/aromatic N) is 1. The Balaban J connectivity index is 1.39. The van der Waals surface area contributed by atoms with E-state index in [1.165, 1.54) is 41.8 Å². The molecular weight excluding hydrogens is 476 g/mol. The lowest BCUT2D eigenvalue weighted by atomic mass is 9.89. The van der Waals surface area contributed by atoms with Gasteiger partial charge in [0.05, 0.1) is 10.6 Å². The van der Waals surface area contributed by atoms with Crippen LogP contribution in [-0.4, -0.2) is 44.3 Å². The summed E-state index contributed by atoms with van der Waals surface area (Å²) in [4.78, 5) is 24.5. The highest BCUT2D eigenvalue weighted by Gasteiger charge is 2.30. The molecule has 1 fully saturated rings. The normalized spacial score (nSPS) is 17.1. The molecule has 1 heterocycles. The molecule has 1 aliphatic heterocycles. The Bertz CT molecular complexity index is 1160. The number of carbonyl (C=O) groups is 2. The molecule has 0 unspecified atom stereocenters.